The van der Waals surface area contributed by atoms with Crippen molar-refractivity contribution in [3.63, 3.8) is 0 Å². The largest absolute Gasteiger partial charge is 1.00 e. The number of hydrogen-bond acceptors (Lipinski definition) is 0. The van der Waals surface area contributed by atoms with Gasteiger partial charge in [0.05, 0.1) is 0 Å². The fraction of sp³-hybridized carbons (Fsp3) is 0.875. The van der Waals surface area contributed by atoms with Gasteiger partial charge in [-0.2, -0.15) is 12.8 Å². The topological polar surface area (TPSA) is 0 Å². The van der Waals surface area contributed by atoms with E-state index in [0.717, 1.165) is 5.92 Å². The van der Waals surface area contributed by atoms with Gasteiger partial charge in [-0.15, -0.1) is 0 Å². The average Bonchev–Trinajstić information content (AvgIpc) is 1.90. The van der Waals surface area contributed by atoms with Gasteiger partial charge in [-0.05, 0) is 0 Å². The third-order valence-corrected chi connectivity index (χ3v) is 2.12. The van der Waals surface area contributed by atoms with Crippen LogP contribution < -0.4 is 51.4 Å². The Morgan fingerprint density at radius 3 is 2.00 bits per heavy atom. The fourth-order valence-corrected chi connectivity index (χ4v) is 1.47. The zero-order chi connectivity index (χ0) is 5.82. The monoisotopic (exact) mass is 150 g/mol. The molecule has 0 aromatic carbocycles. The summed E-state index contributed by atoms with van der Waals surface area (Å²) in [4.78, 5) is 0. The Balaban J connectivity index is 0.000000640. The van der Waals surface area contributed by atoms with Crippen molar-refractivity contribution in [3.8, 4) is 0 Å². The summed E-state index contributed by atoms with van der Waals surface area (Å²) in [6, 6.07) is 0. The first-order chi connectivity index (χ1) is 3.93. The molecular formula is C8H15K. The summed E-state index contributed by atoms with van der Waals surface area (Å²) in [5.74, 6) is 0.962. The van der Waals surface area contributed by atoms with E-state index >= 15 is 0 Å². The van der Waals surface area contributed by atoms with E-state index in [4.69, 9.17) is 0 Å². The van der Waals surface area contributed by atoms with Gasteiger partial charge in [0, 0.05) is 0 Å². The van der Waals surface area contributed by atoms with Crippen molar-refractivity contribution < 1.29 is 51.4 Å². The minimum absolute atomic E-state index is 0. The van der Waals surface area contributed by atoms with Crippen LogP contribution in [-0.2, 0) is 0 Å². The van der Waals surface area contributed by atoms with Gasteiger partial charge in [0.1, 0.15) is 0 Å². The van der Waals surface area contributed by atoms with Crippen molar-refractivity contribution >= 4 is 0 Å². The van der Waals surface area contributed by atoms with Gasteiger partial charge >= 0.3 is 51.4 Å². The van der Waals surface area contributed by atoms with Crippen molar-refractivity contribution in [3.05, 3.63) is 6.42 Å². The second-order valence-electron chi connectivity index (χ2n) is 2.73. The van der Waals surface area contributed by atoms with E-state index in [1.54, 1.807) is 0 Å². The molecule has 1 aliphatic carbocycles. The molecule has 1 saturated carbocycles. The van der Waals surface area contributed by atoms with Crippen LogP contribution in [-0.4, -0.2) is 0 Å². The second-order valence-corrected chi connectivity index (χ2v) is 2.73. The van der Waals surface area contributed by atoms with Crippen LogP contribution in [0.4, 0.5) is 0 Å². The fourth-order valence-electron chi connectivity index (χ4n) is 1.47. The molecule has 0 unspecified atom stereocenters. The second kappa shape index (κ2) is 6.35. The van der Waals surface area contributed by atoms with Crippen LogP contribution in [0.2, 0.25) is 0 Å². The quantitative estimate of drug-likeness (QED) is 0.358. The van der Waals surface area contributed by atoms with Crippen LogP contribution in [0.5, 0.6) is 0 Å². The Bertz CT molecular complexity index is 55.6. The Labute approximate surface area is 101 Å². The number of hydrogen-bond donors (Lipinski definition) is 0. The third-order valence-electron chi connectivity index (χ3n) is 2.12. The number of rotatable bonds is 1. The summed E-state index contributed by atoms with van der Waals surface area (Å²) < 4.78 is 0. The maximum Gasteiger partial charge on any atom is 1.00 e. The van der Waals surface area contributed by atoms with E-state index in [0.29, 0.717) is 0 Å². The normalized spacial score (nSPS) is 21.0. The first kappa shape index (κ1) is 10.6. The molecule has 48 valence electrons. The maximum absolute atomic E-state index is 2.36. The van der Waals surface area contributed by atoms with E-state index < -0.39 is 0 Å². The molecule has 0 radical (unpaired) electrons. The maximum atomic E-state index is 2.36. The van der Waals surface area contributed by atoms with Gasteiger partial charge in [-0.1, -0.05) is 32.1 Å². The summed E-state index contributed by atoms with van der Waals surface area (Å²) in [5, 5.41) is 0. The Morgan fingerprint density at radius 1 is 1.11 bits per heavy atom. The molecular weight excluding hydrogens is 135 g/mol. The molecule has 0 bridgehead atoms. The third kappa shape index (κ3) is 4.15. The summed E-state index contributed by atoms with van der Waals surface area (Å²) in [6.45, 7) is 2.19. The van der Waals surface area contributed by atoms with Gasteiger partial charge in [-0.25, -0.2) is 0 Å². The van der Waals surface area contributed by atoms with Crippen LogP contribution in [0.3, 0.4) is 0 Å². The van der Waals surface area contributed by atoms with E-state index in [9.17, 15) is 0 Å². The first-order valence-electron chi connectivity index (χ1n) is 3.73. The molecule has 0 N–H and O–H groups in total. The predicted octanol–water partition coefficient (Wildman–Crippen LogP) is -0.205. The molecule has 0 spiro atoms. The van der Waals surface area contributed by atoms with E-state index in [1.165, 1.54) is 32.1 Å². The molecule has 1 heteroatoms. The van der Waals surface area contributed by atoms with Gasteiger partial charge < -0.3 is 6.42 Å². The Morgan fingerprint density at radius 2 is 1.67 bits per heavy atom. The van der Waals surface area contributed by atoms with E-state index in [-0.39, 0.29) is 51.4 Å². The molecule has 1 aliphatic rings. The van der Waals surface area contributed by atoms with Gasteiger partial charge in [0.2, 0.25) is 0 Å². The molecule has 0 nitrogen and oxygen atoms in total. The van der Waals surface area contributed by atoms with Crippen molar-refractivity contribution in [1.29, 1.82) is 0 Å². The van der Waals surface area contributed by atoms with Gasteiger partial charge in [0.15, 0.2) is 0 Å². The van der Waals surface area contributed by atoms with Crippen LogP contribution in [0.25, 0.3) is 0 Å². The molecule has 0 aromatic rings. The molecule has 0 saturated heterocycles. The van der Waals surface area contributed by atoms with Gasteiger partial charge in [0.25, 0.3) is 0 Å². The summed E-state index contributed by atoms with van der Waals surface area (Å²) in [7, 11) is 0. The Hall–Kier alpha value is 1.64. The predicted molar refractivity (Wildman–Crippen MR) is 36.5 cm³/mol. The van der Waals surface area contributed by atoms with Crippen LogP contribution in [0, 0.1) is 12.3 Å². The summed E-state index contributed by atoms with van der Waals surface area (Å²) in [6.07, 6.45) is 9.68. The molecule has 0 aromatic heterocycles. The SMILES string of the molecule is C[CH-]C1CCCCC1.[K+]. The van der Waals surface area contributed by atoms with E-state index in [2.05, 4.69) is 13.3 Å². The molecule has 1 rings (SSSR count). The Kier molecular flexibility index (Phi) is 7.51. The summed E-state index contributed by atoms with van der Waals surface area (Å²) in [5.41, 5.74) is 0. The zero-order valence-corrected chi connectivity index (χ0v) is 9.81. The minimum atomic E-state index is 0. The smallest absolute Gasteiger partial charge is 0.328 e. The van der Waals surface area contributed by atoms with Crippen molar-refractivity contribution in [2.75, 3.05) is 0 Å². The molecule has 0 heterocycles. The summed E-state index contributed by atoms with van der Waals surface area (Å²) >= 11 is 0. The van der Waals surface area contributed by atoms with Crippen molar-refractivity contribution in [1.82, 2.24) is 0 Å². The average molecular weight is 150 g/mol. The molecule has 0 aliphatic heterocycles. The van der Waals surface area contributed by atoms with Crippen LogP contribution in [0.15, 0.2) is 0 Å². The first-order valence-corrected chi connectivity index (χ1v) is 3.73. The molecule has 9 heavy (non-hydrogen) atoms. The molecule has 0 atom stereocenters. The minimum Gasteiger partial charge on any atom is -0.328 e. The molecule has 0 amide bonds. The van der Waals surface area contributed by atoms with Crippen molar-refractivity contribution in [2.24, 2.45) is 5.92 Å². The zero-order valence-electron chi connectivity index (χ0n) is 6.69. The standard InChI is InChI=1S/C8H15.K/c1-2-8-6-4-3-5-7-8;/h2,8H,3-7H2,1H3;/q-1;+1. The van der Waals surface area contributed by atoms with Gasteiger partial charge in [-0.3, -0.25) is 0 Å². The van der Waals surface area contributed by atoms with E-state index in [1.807, 2.05) is 0 Å². The van der Waals surface area contributed by atoms with Crippen LogP contribution >= 0.6 is 0 Å². The molecule has 1 fully saturated rings. The van der Waals surface area contributed by atoms with Crippen molar-refractivity contribution in [2.45, 2.75) is 39.0 Å². The van der Waals surface area contributed by atoms with Crippen LogP contribution in [0.1, 0.15) is 39.0 Å².